The first kappa shape index (κ1) is 22.7. The molecule has 1 atom stereocenters. The highest BCUT2D eigenvalue weighted by molar-refractivity contribution is 7.93. The summed E-state index contributed by atoms with van der Waals surface area (Å²) in [5, 5.41) is 1.15. The molecule has 0 spiro atoms. The van der Waals surface area contributed by atoms with Gasteiger partial charge in [0.2, 0.25) is 0 Å². The van der Waals surface area contributed by atoms with E-state index >= 15 is 0 Å². The van der Waals surface area contributed by atoms with Crippen molar-refractivity contribution in [1.82, 2.24) is 0 Å². The molecule has 0 aliphatic rings. The summed E-state index contributed by atoms with van der Waals surface area (Å²) in [5.41, 5.74) is 0.331. The Labute approximate surface area is 178 Å². The van der Waals surface area contributed by atoms with Gasteiger partial charge in [0.1, 0.15) is 22.7 Å². The van der Waals surface area contributed by atoms with Crippen molar-refractivity contribution in [3.05, 3.63) is 57.5 Å². The summed E-state index contributed by atoms with van der Waals surface area (Å²) in [6.07, 6.45) is 1.29. The van der Waals surface area contributed by atoms with Crippen LogP contribution in [0.3, 0.4) is 0 Å². The lowest BCUT2D eigenvalue weighted by atomic mass is 10.3. The first-order valence-electron chi connectivity index (χ1n) is 8.35. The Kier molecular flexibility index (Phi) is 8.59. The molecule has 2 rings (SSSR count). The molecule has 0 fully saturated rings. The molecule has 0 saturated carbocycles. The third kappa shape index (κ3) is 6.17. The van der Waals surface area contributed by atoms with Crippen LogP contribution in [0.1, 0.15) is 19.8 Å². The molecule has 1 N–H and O–H groups in total. The Morgan fingerprint density at radius 1 is 1.00 bits per heavy atom. The van der Waals surface area contributed by atoms with Gasteiger partial charge in [-0.3, -0.25) is 4.31 Å². The summed E-state index contributed by atoms with van der Waals surface area (Å²) >= 11 is 17.6. The predicted octanol–water partition coefficient (Wildman–Crippen LogP) is 5.73. The third-order valence-corrected chi connectivity index (χ3v) is 7.96. The van der Waals surface area contributed by atoms with E-state index in [9.17, 15) is 13.0 Å². The van der Waals surface area contributed by atoms with Gasteiger partial charge in [-0.2, -0.15) is 4.55 Å². The molecule has 0 aromatic heterocycles. The van der Waals surface area contributed by atoms with Crippen molar-refractivity contribution in [2.24, 2.45) is 0 Å². The van der Waals surface area contributed by atoms with Crippen molar-refractivity contribution in [2.75, 3.05) is 22.4 Å². The SMILES string of the molecule is CC[S+](O)CCCCN(c1cc(Cl)ccc1Cl)S(=O)(=O)c1ccc(Cl)cc1. The van der Waals surface area contributed by atoms with Crippen LogP contribution in [0.25, 0.3) is 0 Å². The quantitative estimate of drug-likeness (QED) is 0.377. The number of rotatable bonds is 9. The summed E-state index contributed by atoms with van der Waals surface area (Å²) < 4.78 is 37.4. The van der Waals surface area contributed by atoms with Crippen LogP contribution in [0.4, 0.5) is 5.69 Å². The first-order valence-corrected chi connectivity index (χ1v) is 12.4. The van der Waals surface area contributed by atoms with Gasteiger partial charge < -0.3 is 0 Å². The van der Waals surface area contributed by atoms with E-state index in [4.69, 9.17) is 34.8 Å². The maximum absolute atomic E-state index is 13.2. The van der Waals surface area contributed by atoms with Crippen LogP contribution >= 0.6 is 34.8 Å². The van der Waals surface area contributed by atoms with Crippen molar-refractivity contribution >= 4 is 61.7 Å². The standard InChI is InChI=1S/C18H21Cl3NO3S2/c1-2-26(23)12-4-3-11-22(18-13-15(20)7-10-17(18)21)27(24,25)16-8-5-14(19)6-9-16/h5-10,13,23H,2-4,11-12H2,1H3/q+1. The lowest BCUT2D eigenvalue weighted by Crippen LogP contribution is -2.32. The van der Waals surface area contributed by atoms with E-state index in [0.717, 1.165) is 0 Å². The minimum atomic E-state index is -3.85. The second-order valence-electron chi connectivity index (χ2n) is 5.79. The summed E-state index contributed by atoms with van der Waals surface area (Å²) in [5.74, 6) is 1.35. The van der Waals surface area contributed by atoms with Crippen molar-refractivity contribution in [3.63, 3.8) is 0 Å². The molecule has 148 valence electrons. The highest BCUT2D eigenvalue weighted by Crippen LogP contribution is 2.33. The van der Waals surface area contributed by atoms with Crippen molar-refractivity contribution in [2.45, 2.75) is 24.7 Å². The Bertz CT molecular complexity index is 861. The fraction of sp³-hybridized carbons (Fsp3) is 0.333. The summed E-state index contributed by atoms with van der Waals surface area (Å²) in [6, 6.07) is 10.7. The van der Waals surface area contributed by atoms with Crippen molar-refractivity contribution in [3.8, 4) is 0 Å². The van der Waals surface area contributed by atoms with Crippen LogP contribution < -0.4 is 4.31 Å². The van der Waals surface area contributed by atoms with Gasteiger partial charge in [0.25, 0.3) is 10.0 Å². The molecule has 0 amide bonds. The Morgan fingerprint density at radius 2 is 1.63 bits per heavy atom. The number of nitrogens with zero attached hydrogens (tertiary/aromatic N) is 1. The fourth-order valence-corrected chi connectivity index (χ4v) is 5.35. The van der Waals surface area contributed by atoms with Crippen LogP contribution in [-0.2, 0) is 21.2 Å². The molecule has 1 unspecified atom stereocenters. The highest BCUT2D eigenvalue weighted by Gasteiger charge is 2.27. The maximum atomic E-state index is 13.2. The van der Waals surface area contributed by atoms with Crippen LogP contribution in [0.2, 0.25) is 15.1 Å². The summed E-state index contributed by atoms with van der Waals surface area (Å²) in [6.45, 7) is 2.15. The van der Waals surface area contributed by atoms with Gasteiger partial charge in [0, 0.05) is 16.6 Å². The second-order valence-corrected chi connectivity index (χ2v) is 10.8. The Hall–Kier alpha value is -0.630. The van der Waals surface area contributed by atoms with E-state index in [1.807, 2.05) is 6.92 Å². The van der Waals surface area contributed by atoms with E-state index in [-0.39, 0.29) is 11.4 Å². The fourth-order valence-electron chi connectivity index (χ4n) is 2.45. The zero-order valence-corrected chi connectivity index (χ0v) is 18.6. The molecular formula is C18H21Cl3NO3S2+. The molecule has 4 nitrogen and oxygen atoms in total. The number of sulfonamides is 1. The van der Waals surface area contributed by atoms with Gasteiger partial charge in [-0.05, 0) is 62.2 Å². The van der Waals surface area contributed by atoms with Gasteiger partial charge in [-0.15, -0.1) is 0 Å². The minimum Gasteiger partial charge on any atom is -0.265 e. The van der Waals surface area contributed by atoms with Gasteiger partial charge in [-0.25, -0.2) is 8.42 Å². The normalized spacial score (nSPS) is 12.8. The van der Waals surface area contributed by atoms with Crippen LogP contribution in [0.15, 0.2) is 47.4 Å². The molecule has 27 heavy (non-hydrogen) atoms. The first-order chi connectivity index (χ1) is 12.8. The average Bonchev–Trinajstić information content (AvgIpc) is 2.64. The Morgan fingerprint density at radius 3 is 2.26 bits per heavy atom. The van der Waals surface area contributed by atoms with Crippen LogP contribution in [0, 0.1) is 0 Å². The molecule has 0 radical (unpaired) electrons. The molecule has 0 aliphatic carbocycles. The molecule has 2 aromatic carbocycles. The van der Waals surface area contributed by atoms with E-state index < -0.39 is 21.2 Å². The predicted molar refractivity (Wildman–Crippen MR) is 117 cm³/mol. The van der Waals surface area contributed by atoms with Gasteiger partial charge >= 0.3 is 0 Å². The van der Waals surface area contributed by atoms with E-state index in [0.29, 0.717) is 45.1 Å². The second kappa shape index (κ2) is 10.2. The van der Waals surface area contributed by atoms with Crippen LogP contribution in [0.5, 0.6) is 0 Å². The molecule has 9 heteroatoms. The van der Waals surface area contributed by atoms with E-state index in [1.54, 1.807) is 18.2 Å². The number of hydrogen-bond donors (Lipinski definition) is 1. The largest absolute Gasteiger partial charge is 0.265 e. The molecule has 0 aliphatic heterocycles. The zero-order valence-electron chi connectivity index (χ0n) is 14.7. The summed E-state index contributed by atoms with van der Waals surface area (Å²) in [4.78, 5) is 0.124. The molecule has 0 heterocycles. The lowest BCUT2D eigenvalue weighted by molar-refractivity contribution is 0.588. The number of benzene rings is 2. The smallest absolute Gasteiger partial charge is 0.264 e. The van der Waals surface area contributed by atoms with E-state index in [2.05, 4.69) is 0 Å². The average molecular weight is 470 g/mol. The maximum Gasteiger partial charge on any atom is 0.264 e. The lowest BCUT2D eigenvalue weighted by Gasteiger charge is -2.25. The van der Waals surface area contributed by atoms with Crippen molar-refractivity contribution in [1.29, 1.82) is 0 Å². The van der Waals surface area contributed by atoms with Gasteiger partial charge in [0.15, 0.2) is 0 Å². The number of halogens is 3. The van der Waals surface area contributed by atoms with E-state index in [1.165, 1.54) is 28.6 Å². The monoisotopic (exact) mass is 468 g/mol. The van der Waals surface area contributed by atoms with Crippen molar-refractivity contribution < 1.29 is 13.0 Å². The molecule has 2 aromatic rings. The number of hydrogen-bond acceptors (Lipinski definition) is 3. The highest BCUT2D eigenvalue weighted by atomic mass is 35.5. The topological polar surface area (TPSA) is 57.6 Å². The minimum absolute atomic E-state index is 0.124. The van der Waals surface area contributed by atoms with Gasteiger partial charge in [0.05, 0.1) is 15.6 Å². The molecule has 0 saturated heterocycles. The van der Waals surface area contributed by atoms with Crippen LogP contribution in [-0.4, -0.2) is 31.0 Å². The Balaban J connectivity index is 2.34. The number of anilines is 1. The number of unbranched alkanes of at least 4 members (excludes halogenated alkanes) is 1. The summed E-state index contributed by atoms with van der Waals surface area (Å²) in [7, 11) is -3.85. The zero-order chi connectivity index (χ0) is 20.0. The van der Waals surface area contributed by atoms with Gasteiger partial charge in [-0.1, -0.05) is 34.8 Å². The molecule has 0 bridgehead atoms. The third-order valence-electron chi connectivity index (χ3n) is 3.90. The molecular weight excluding hydrogens is 449 g/mol.